The van der Waals surface area contributed by atoms with Crippen LogP contribution in [0.3, 0.4) is 0 Å². The molecule has 0 fully saturated rings. The van der Waals surface area contributed by atoms with E-state index in [-0.39, 0.29) is 6.04 Å². The normalized spacial score (nSPS) is 12.8. The van der Waals surface area contributed by atoms with Gasteiger partial charge in [-0.05, 0) is 35.0 Å². The molecule has 1 heterocycles. The zero-order valence-corrected chi connectivity index (χ0v) is 10.6. The lowest BCUT2D eigenvalue weighted by Gasteiger charge is -2.14. The molecular formula is C10H15BrN2S. The molecule has 0 aliphatic heterocycles. The van der Waals surface area contributed by atoms with Crippen LogP contribution in [-0.4, -0.2) is 13.1 Å². The molecule has 1 aromatic heterocycles. The third-order valence-corrected chi connectivity index (χ3v) is 3.56. The second-order valence-corrected chi connectivity index (χ2v) is 5.76. The Balaban J connectivity index is 2.58. The van der Waals surface area contributed by atoms with E-state index in [1.165, 1.54) is 4.88 Å². The second-order valence-electron chi connectivity index (χ2n) is 3.27. The summed E-state index contributed by atoms with van der Waals surface area (Å²) < 4.78 is 1.14. The minimum atomic E-state index is 0.239. The van der Waals surface area contributed by atoms with Crippen LogP contribution in [0.25, 0.3) is 0 Å². The van der Waals surface area contributed by atoms with Crippen LogP contribution in [0.15, 0.2) is 28.1 Å². The van der Waals surface area contributed by atoms with Crippen LogP contribution in [0.2, 0.25) is 0 Å². The van der Waals surface area contributed by atoms with Gasteiger partial charge in [0.25, 0.3) is 0 Å². The molecular weight excluding hydrogens is 260 g/mol. The minimum Gasteiger partial charge on any atom is -0.329 e. The van der Waals surface area contributed by atoms with Gasteiger partial charge in [0, 0.05) is 18.0 Å². The average Bonchev–Trinajstić information content (AvgIpc) is 2.53. The Morgan fingerprint density at radius 2 is 2.43 bits per heavy atom. The van der Waals surface area contributed by atoms with Crippen molar-refractivity contribution in [1.29, 1.82) is 0 Å². The number of hydrogen-bond acceptors (Lipinski definition) is 3. The Morgan fingerprint density at radius 1 is 1.71 bits per heavy atom. The van der Waals surface area contributed by atoms with Crippen molar-refractivity contribution in [2.75, 3.05) is 13.1 Å². The summed E-state index contributed by atoms with van der Waals surface area (Å²) >= 11 is 5.16. The number of halogens is 1. The van der Waals surface area contributed by atoms with Gasteiger partial charge in [-0.25, -0.2) is 0 Å². The lowest BCUT2D eigenvalue weighted by molar-refractivity contribution is 0.578. The number of nitrogens with two attached hydrogens (primary N) is 1. The van der Waals surface area contributed by atoms with Crippen molar-refractivity contribution in [3.63, 3.8) is 0 Å². The maximum Gasteiger partial charge on any atom is 0.0702 e. The van der Waals surface area contributed by atoms with Crippen LogP contribution in [0, 0.1) is 0 Å². The molecule has 0 aromatic carbocycles. The Bertz CT molecular complexity index is 309. The molecule has 78 valence electrons. The predicted octanol–water partition coefficient (Wildman–Crippen LogP) is 2.68. The largest absolute Gasteiger partial charge is 0.329 e. The monoisotopic (exact) mass is 274 g/mol. The maximum absolute atomic E-state index is 5.70. The highest BCUT2D eigenvalue weighted by molar-refractivity contribution is 9.11. The molecule has 4 heteroatoms. The highest BCUT2D eigenvalue weighted by Gasteiger charge is 2.10. The summed E-state index contributed by atoms with van der Waals surface area (Å²) in [6.45, 7) is 7.28. The fourth-order valence-corrected chi connectivity index (χ4v) is 2.63. The molecule has 0 aliphatic carbocycles. The van der Waals surface area contributed by atoms with Gasteiger partial charge in [-0.3, -0.25) is 0 Å². The number of nitrogens with one attached hydrogen (secondary N) is 1. The molecule has 3 N–H and O–H groups in total. The summed E-state index contributed by atoms with van der Waals surface area (Å²) in [6, 6.07) is 4.38. The molecule has 0 aliphatic rings. The Labute approximate surface area is 97.3 Å². The van der Waals surface area contributed by atoms with Crippen LogP contribution in [0.4, 0.5) is 0 Å². The van der Waals surface area contributed by atoms with E-state index < -0.39 is 0 Å². The molecule has 14 heavy (non-hydrogen) atoms. The van der Waals surface area contributed by atoms with Crippen molar-refractivity contribution in [2.24, 2.45) is 5.73 Å². The van der Waals surface area contributed by atoms with Crippen LogP contribution in [-0.2, 0) is 0 Å². The molecule has 1 atom stereocenters. The third kappa shape index (κ3) is 3.53. The summed E-state index contributed by atoms with van der Waals surface area (Å²) in [4.78, 5) is 1.26. The lowest BCUT2D eigenvalue weighted by atomic mass is 10.2. The number of thiophene rings is 1. The summed E-state index contributed by atoms with van der Waals surface area (Å²) in [5.74, 6) is 0. The second kappa shape index (κ2) is 5.66. The van der Waals surface area contributed by atoms with Gasteiger partial charge in [-0.2, -0.15) is 0 Å². The topological polar surface area (TPSA) is 38.0 Å². The zero-order chi connectivity index (χ0) is 10.6. The fourth-order valence-electron chi connectivity index (χ4n) is 1.11. The number of hydrogen-bond donors (Lipinski definition) is 2. The Kier molecular flexibility index (Phi) is 4.81. The summed E-state index contributed by atoms with van der Waals surface area (Å²) in [6.07, 6.45) is 0. The van der Waals surface area contributed by atoms with Crippen molar-refractivity contribution >= 4 is 27.3 Å². The fraction of sp³-hybridized carbons (Fsp3) is 0.400. The predicted molar refractivity (Wildman–Crippen MR) is 66.6 cm³/mol. The van der Waals surface area contributed by atoms with E-state index in [1.807, 2.05) is 13.0 Å². The Hall–Kier alpha value is -0.160. The van der Waals surface area contributed by atoms with Crippen molar-refractivity contribution in [1.82, 2.24) is 5.32 Å². The van der Waals surface area contributed by atoms with Crippen LogP contribution >= 0.6 is 27.3 Å². The van der Waals surface area contributed by atoms with Crippen LogP contribution in [0.1, 0.15) is 17.8 Å². The SMILES string of the molecule is C=C(C)CNC(CN)c1ccc(Br)s1. The standard InChI is InChI=1S/C10H15BrN2S/c1-7(2)6-13-8(5-12)9-3-4-10(11)14-9/h3-4,8,13H,1,5-6,12H2,2H3. The minimum absolute atomic E-state index is 0.239. The van der Waals surface area contributed by atoms with Crippen LogP contribution < -0.4 is 11.1 Å². The van der Waals surface area contributed by atoms with Gasteiger partial charge in [-0.15, -0.1) is 11.3 Å². The third-order valence-electron chi connectivity index (χ3n) is 1.82. The first kappa shape index (κ1) is 11.9. The van der Waals surface area contributed by atoms with Gasteiger partial charge in [-0.1, -0.05) is 12.2 Å². The zero-order valence-electron chi connectivity index (χ0n) is 8.22. The lowest BCUT2D eigenvalue weighted by Crippen LogP contribution is -2.28. The van der Waals surface area contributed by atoms with Crippen molar-refractivity contribution in [2.45, 2.75) is 13.0 Å². The number of rotatable bonds is 5. The van der Waals surface area contributed by atoms with Crippen molar-refractivity contribution in [3.05, 3.63) is 32.9 Å². The van der Waals surface area contributed by atoms with E-state index >= 15 is 0 Å². The molecule has 1 rings (SSSR count). The maximum atomic E-state index is 5.70. The molecule has 0 radical (unpaired) electrons. The first-order valence-corrected chi connectivity index (χ1v) is 6.07. The van der Waals surface area contributed by atoms with Crippen LogP contribution in [0.5, 0.6) is 0 Å². The Morgan fingerprint density at radius 3 is 2.86 bits per heavy atom. The van der Waals surface area contributed by atoms with Gasteiger partial charge in [0.2, 0.25) is 0 Å². The van der Waals surface area contributed by atoms with E-state index in [2.05, 4.69) is 33.9 Å². The van der Waals surface area contributed by atoms with E-state index in [1.54, 1.807) is 11.3 Å². The van der Waals surface area contributed by atoms with Crippen molar-refractivity contribution in [3.8, 4) is 0 Å². The average molecular weight is 275 g/mol. The van der Waals surface area contributed by atoms with Crippen molar-refractivity contribution < 1.29 is 0 Å². The molecule has 0 spiro atoms. The summed E-state index contributed by atoms with van der Waals surface area (Å²) in [5.41, 5.74) is 6.82. The molecule has 1 unspecified atom stereocenters. The van der Waals surface area contributed by atoms with Gasteiger partial charge in [0.05, 0.1) is 9.83 Å². The van der Waals surface area contributed by atoms with Gasteiger partial charge < -0.3 is 11.1 Å². The van der Waals surface area contributed by atoms with E-state index in [9.17, 15) is 0 Å². The van der Waals surface area contributed by atoms with E-state index in [0.29, 0.717) is 6.54 Å². The summed E-state index contributed by atoms with van der Waals surface area (Å²) in [5, 5.41) is 3.36. The first-order valence-electron chi connectivity index (χ1n) is 4.46. The van der Waals surface area contributed by atoms with Gasteiger partial charge in [0.1, 0.15) is 0 Å². The smallest absolute Gasteiger partial charge is 0.0702 e. The molecule has 1 aromatic rings. The summed E-state index contributed by atoms with van der Waals surface area (Å²) in [7, 11) is 0. The quantitative estimate of drug-likeness (QED) is 0.811. The van der Waals surface area contributed by atoms with E-state index in [4.69, 9.17) is 5.73 Å². The molecule has 0 amide bonds. The van der Waals surface area contributed by atoms with Gasteiger partial charge >= 0.3 is 0 Å². The molecule has 0 saturated heterocycles. The highest BCUT2D eigenvalue weighted by atomic mass is 79.9. The molecule has 0 saturated carbocycles. The molecule has 2 nitrogen and oxygen atoms in total. The van der Waals surface area contributed by atoms with Gasteiger partial charge in [0.15, 0.2) is 0 Å². The molecule has 0 bridgehead atoms. The first-order chi connectivity index (χ1) is 6.63. The van der Waals surface area contributed by atoms with E-state index in [0.717, 1.165) is 15.9 Å². The highest BCUT2D eigenvalue weighted by Crippen LogP contribution is 2.26.